The molecule has 0 saturated carbocycles. The van der Waals surface area contributed by atoms with Gasteiger partial charge in [0.1, 0.15) is 16.9 Å². The van der Waals surface area contributed by atoms with Crippen molar-refractivity contribution in [2.45, 2.75) is 32.9 Å². The minimum absolute atomic E-state index is 0.0971. The number of hydrogen-bond acceptors (Lipinski definition) is 6. The number of carbonyl (C=O) groups excluding carboxylic acids is 3. The van der Waals surface area contributed by atoms with Gasteiger partial charge in [0, 0.05) is 12.6 Å². The molecule has 10 nitrogen and oxygen atoms in total. The van der Waals surface area contributed by atoms with Crippen LogP contribution in [0.25, 0.3) is 22.2 Å². The van der Waals surface area contributed by atoms with Gasteiger partial charge in [-0.15, -0.1) is 0 Å². The Bertz CT molecular complexity index is 1520. The number of benzene rings is 3. The maximum atomic E-state index is 13.5. The number of alkyl carbamates (subject to hydrolysis) is 1. The number of ether oxygens (including phenoxy) is 2. The van der Waals surface area contributed by atoms with Crippen LogP contribution in [0.4, 0.5) is 10.5 Å². The van der Waals surface area contributed by atoms with Crippen LogP contribution in [-0.2, 0) is 11.3 Å². The van der Waals surface area contributed by atoms with Crippen molar-refractivity contribution < 1.29 is 23.9 Å². The minimum Gasteiger partial charge on any atom is -0.494 e. The van der Waals surface area contributed by atoms with Gasteiger partial charge in [-0.05, 0) is 50.6 Å². The van der Waals surface area contributed by atoms with Crippen LogP contribution in [-0.4, -0.2) is 47.6 Å². The van der Waals surface area contributed by atoms with Crippen LogP contribution in [0.5, 0.6) is 5.75 Å². The fourth-order valence-corrected chi connectivity index (χ4v) is 4.12. The Hall–Kier alpha value is -4.86. The topological polar surface area (TPSA) is 134 Å². The smallest absolute Gasteiger partial charge is 0.408 e. The second-order valence-electron chi connectivity index (χ2n) is 9.71. The Morgan fingerprint density at radius 2 is 1.67 bits per heavy atom. The van der Waals surface area contributed by atoms with Crippen molar-refractivity contribution in [3.63, 3.8) is 0 Å². The molecule has 4 aromatic rings. The highest BCUT2D eigenvalue weighted by Crippen LogP contribution is 2.39. The number of aromatic nitrogens is 2. The Morgan fingerprint density at radius 3 is 2.33 bits per heavy atom. The molecule has 0 bridgehead atoms. The standard InChI is InChI=1S/C29H31N5O5/c1-29(2,3)39-28(37)31-16-22-32-20-13-9-12-19(24(20)34-22)27(36)33-21-15-14-18(26(35)30-4)23(25(21)38-5)17-10-7-6-8-11-17/h6-15H,16H2,1-5H3,(H,30,35)(H,31,37)(H,32,34)(H,33,36). The molecule has 0 spiro atoms. The van der Waals surface area contributed by atoms with E-state index in [0.29, 0.717) is 45.0 Å². The van der Waals surface area contributed by atoms with Crippen molar-refractivity contribution in [1.29, 1.82) is 0 Å². The number of imidazole rings is 1. The summed E-state index contributed by atoms with van der Waals surface area (Å²) in [6.45, 7) is 5.44. The molecule has 0 aliphatic heterocycles. The van der Waals surface area contributed by atoms with Gasteiger partial charge in [0.2, 0.25) is 0 Å². The summed E-state index contributed by atoms with van der Waals surface area (Å²) in [7, 11) is 3.05. The quantitative estimate of drug-likeness (QED) is 0.270. The van der Waals surface area contributed by atoms with Crippen molar-refractivity contribution in [1.82, 2.24) is 20.6 Å². The van der Waals surface area contributed by atoms with E-state index in [1.54, 1.807) is 58.2 Å². The number of nitrogens with one attached hydrogen (secondary N) is 4. The predicted molar refractivity (Wildman–Crippen MR) is 149 cm³/mol. The van der Waals surface area contributed by atoms with E-state index < -0.39 is 17.6 Å². The number of H-pyrrole nitrogens is 1. The molecule has 3 amide bonds. The van der Waals surface area contributed by atoms with Gasteiger partial charge >= 0.3 is 6.09 Å². The summed E-state index contributed by atoms with van der Waals surface area (Å²) in [6.07, 6.45) is -0.567. The first-order valence-electron chi connectivity index (χ1n) is 12.4. The summed E-state index contributed by atoms with van der Waals surface area (Å²) in [6, 6.07) is 17.8. The fraction of sp³-hybridized carbons (Fsp3) is 0.241. The molecule has 3 aromatic carbocycles. The monoisotopic (exact) mass is 529 g/mol. The number of anilines is 1. The molecule has 0 saturated heterocycles. The molecule has 1 heterocycles. The van der Waals surface area contributed by atoms with E-state index >= 15 is 0 Å². The number of amides is 3. The zero-order chi connectivity index (χ0) is 28.2. The van der Waals surface area contributed by atoms with Gasteiger partial charge in [-0.2, -0.15) is 0 Å². The van der Waals surface area contributed by atoms with E-state index in [1.807, 2.05) is 30.3 Å². The second kappa shape index (κ2) is 11.3. The molecule has 0 fully saturated rings. The van der Waals surface area contributed by atoms with Gasteiger partial charge in [-0.25, -0.2) is 9.78 Å². The Morgan fingerprint density at radius 1 is 0.923 bits per heavy atom. The average Bonchev–Trinajstić information content (AvgIpc) is 3.34. The molecular formula is C29H31N5O5. The van der Waals surface area contributed by atoms with Gasteiger partial charge in [-0.1, -0.05) is 36.4 Å². The highest BCUT2D eigenvalue weighted by atomic mass is 16.6. The third-order valence-electron chi connectivity index (χ3n) is 5.75. The highest BCUT2D eigenvalue weighted by Gasteiger charge is 2.23. The molecular weight excluding hydrogens is 498 g/mol. The predicted octanol–water partition coefficient (Wildman–Crippen LogP) is 4.88. The first kappa shape index (κ1) is 27.2. The van der Waals surface area contributed by atoms with Crippen molar-refractivity contribution in [2.24, 2.45) is 0 Å². The number of fused-ring (bicyclic) bond motifs is 1. The summed E-state index contributed by atoms with van der Waals surface area (Å²) in [5, 5.41) is 8.22. The maximum Gasteiger partial charge on any atom is 0.408 e. The van der Waals surface area contributed by atoms with E-state index in [1.165, 1.54) is 7.11 Å². The minimum atomic E-state index is -0.622. The van der Waals surface area contributed by atoms with Crippen LogP contribution in [0.1, 0.15) is 47.3 Å². The molecule has 1 aromatic heterocycles. The number of nitrogens with zero attached hydrogens (tertiary/aromatic N) is 1. The van der Waals surface area contributed by atoms with Crippen LogP contribution in [0.3, 0.4) is 0 Å². The van der Waals surface area contributed by atoms with Gasteiger partial charge in [0.25, 0.3) is 11.8 Å². The lowest BCUT2D eigenvalue weighted by atomic mass is 9.96. The van der Waals surface area contributed by atoms with Crippen molar-refractivity contribution in [3.8, 4) is 16.9 Å². The van der Waals surface area contributed by atoms with Crippen molar-refractivity contribution >= 4 is 34.6 Å². The molecule has 202 valence electrons. The molecule has 0 radical (unpaired) electrons. The van der Waals surface area contributed by atoms with E-state index in [9.17, 15) is 14.4 Å². The molecule has 0 atom stereocenters. The van der Waals surface area contributed by atoms with Gasteiger partial charge in [0.05, 0.1) is 36.0 Å². The van der Waals surface area contributed by atoms with Crippen LogP contribution in [0.2, 0.25) is 0 Å². The zero-order valence-corrected chi connectivity index (χ0v) is 22.5. The van der Waals surface area contributed by atoms with Gasteiger partial charge in [0.15, 0.2) is 5.75 Å². The van der Waals surface area contributed by atoms with Crippen molar-refractivity contribution in [3.05, 3.63) is 77.6 Å². The third kappa shape index (κ3) is 6.18. The van der Waals surface area contributed by atoms with Crippen LogP contribution < -0.4 is 20.7 Å². The normalized spacial score (nSPS) is 11.1. The van der Waals surface area contributed by atoms with Crippen LogP contribution in [0.15, 0.2) is 60.7 Å². The van der Waals surface area contributed by atoms with Gasteiger partial charge in [-0.3, -0.25) is 9.59 Å². The molecule has 0 unspecified atom stereocenters. The first-order chi connectivity index (χ1) is 18.6. The zero-order valence-electron chi connectivity index (χ0n) is 22.5. The summed E-state index contributed by atoms with van der Waals surface area (Å²) in [5.74, 6) is 0.129. The molecule has 4 rings (SSSR count). The van der Waals surface area contributed by atoms with E-state index in [2.05, 4.69) is 25.9 Å². The lowest BCUT2D eigenvalue weighted by Crippen LogP contribution is -2.32. The molecule has 0 aliphatic rings. The number of carbonyl (C=O) groups is 3. The molecule has 10 heteroatoms. The number of rotatable bonds is 7. The van der Waals surface area contributed by atoms with E-state index in [0.717, 1.165) is 5.56 Å². The highest BCUT2D eigenvalue weighted by molar-refractivity contribution is 6.13. The lowest BCUT2D eigenvalue weighted by Gasteiger charge is -2.19. The lowest BCUT2D eigenvalue weighted by molar-refractivity contribution is 0.0522. The summed E-state index contributed by atoms with van der Waals surface area (Å²) in [4.78, 5) is 45.8. The first-order valence-corrected chi connectivity index (χ1v) is 12.4. The number of hydrogen-bond donors (Lipinski definition) is 4. The molecule has 39 heavy (non-hydrogen) atoms. The summed E-state index contributed by atoms with van der Waals surface area (Å²) in [5.41, 5.74) is 2.91. The number of aromatic amines is 1. The Labute approximate surface area is 226 Å². The largest absolute Gasteiger partial charge is 0.494 e. The molecule has 0 aliphatic carbocycles. The number of methoxy groups -OCH3 is 1. The SMILES string of the molecule is CNC(=O)c1ccc(NC(=O)c2cccc3[nH]c(CNC(=O)OC(C)(C)C)nc23)c(OC)c1-c1ccccc1. The van der Waals surface area contributed by atoms with E-state index in [-0.39, 0.29) is 12.5 Å². The molecule has 4 N–H and O–H groups in total. The van der Waals surface area contributed by atoms with Crippen molar-refractivity contribution in [2.75, 3.05) is 19.5 Å². The Kier molecular flexibility index (Phi) is 7.85. The average molecular weight is 530 g/mol. The van der Waals surface area contributed by atoms with E-state index in [4.69, 9.17) is 9.47 Å². The fourth-order valence-electron chi connectivity index (χ4n) is 4.12. The summed E-state index contributed by atoms with van der Waals surface area (Å²) >= 11 is 0. The van der Waals surface area contributed by atoms with Gasteiger partial charge < -0.3 is 30.4 Å². The van der Waals surface area contributed by atoms with Crippen LogP contribution in [0, 0.1) is 0 Å². The maximum absolute atomic E-state index is 13.5. The Balaban J connectivity index is 1.64. The third-order valence-corrected chi connectivity index (χ3v) is 5.75. The number of para-hydroxylation sites is 1. The van der Waals surface area contributed by atoms with Crippen LogP contribution >= 0.6 is 0 Å². The summed E-state index contributed by atoms with van der Waals surface area (Å²) < 4.78 is 11.0. The second-order valence-corrected chi connectivity index (χ2v) is 9.71.